The molecule has 10 nitrogen and oxygen atoms in total. The summed E-state index contributed by atoms with van der Waals surface area (Å²) in [6, 6.07) is 0. The lowest BCUT2D eigenvalue weighted by Gasteiger charge is -2.04. The number of nitrogens with zero attached hydrogens (tertiary/aromatic N) is 2. The van der Waals surface area contributed by atoms with Crippen LogP contribution in [0.15, 0.2) is 9.98 Å². The third kappa shape index (κ3) is 34.7. The van der Waals surface area contributed by atoms with Crippen molar-refractivity contribution in [1.29, 1.82) is 0 Å². The van der Waals surface area contributed by atoms with E-state index in [-0.39, 0.29) is 29.4 Å². The van der Waals surface area contributed by atoms with Gasteiger partial charge in [-0.3, -0.25) is 28.0 Å². The zero-order valence-corrected chi connectivity index (χ0v) is 31.9. The molecule has 0 aromatic carbocycles. The summed E-state index contributed by atoms with van der Waals surface area (Å²) < 4.78 is 23.2. The van der Waals surface area contributed by atoms with Crippen molar-refractivity contribution in [3.8, 4) is 0 Å². The van der Waals surface area contributed by atoms with Crippen molar-refractivity contribution in [2.75, 3.05) is 83.8 Å². The van der Waals surface area contributed by atoms with Crippen molar-refractivity contribution in [3.05, 3.63) is 0 Å². The number of hydrogen-bond acceptors (Lipinski definition) is 18. The first-order valence-electron chi connectivity index (χ1n) is 11.4. The average Bonchev–Trinajstić information content (AvgIpc) is 2.95. The normalized spacial score (nSPS) is 13.1. The predicted molar refractivity (Wildman–Crippen MR) is 204 cm³/mol. The molecule has 0 aromatic heterocycles. The van der Waals surface area contributed by atoms with Crippen LogP contribution in [0.4, 0.5) is 9.59 Å². The molecule has 0 fully saturated rings. The number of thioether (sulfide) groups is 10. The number of carbonyl (C=O) groups excluding carboxylic acids is 2. The molecule has 0 saturated carbocycles. The number of rotatable bonds is 28. The average molecular weight is 801 g/mol. The number of aliphatic imine (C=N–C) groups is 2. The van der Waals surface area contributed by atoms with E-state index < -0.39 is 21.6 Å². The summed E-state index contributed by atoms with van der Waals surface area (Å²) in [4.78, 5) is 31.5. The van der Waals surface area contributed by atoms with Crippen molar-refractivity contribution >= 4 is 161 Å². The van der Waals surface area contributed by atoms with Crippen molar-refractivity contribution in [3.63, 3.8) is 0 Å². The maximum absolute atomic E-state index is 12.0. The molecule has 41 heavy (non-hydrogen) atoms. The highest BCUT2D eigenvalue weighted by Gasteiger charge is 2.03. The van der Waals surface area contributed by atoms with Crippen LogP contribution in [0.25, 0.3) is 0 Å². The molecular formula is C19H36N4O6S12. The standard InChI is InChI=1S/C19H36N4O6S12/c24-1-3-38-18(26)22-7-32-13-35-12-31-6-21-10-41(29)17-37-15-36-16-39-19(27)23-8-33-14-34-11-30-5-20-9-40(28)4-2-25/h9-10,24-25H,1-8,11-17H2,(H,22,26)(H,23,27). The van der Waals surface area contributed by atoms with Crippen LogP contribution in [0.2, 0.25) is 0 Å². The summed E-state index contributed by atoms with van der Waals surface area (Å²) in [5, 5.41) is 28.1. The van der Waals surface area contributed by atoms with E-state index in [1.54, 1.807) is 94.1 Å². The third-order valence-corrected chi connectivity index (χ3v) is 16.6. The number of carbonyl (C=O) groups is 2. The van der Waals surface area contributed by atoms with Crippen LogP contribution in [0.1, 0.15) is 0 Å². The number of nitrogens with one attached hydrogen (secondary N) is 2. The van der Waals surface area contributed by atoms with Gasteiger partial charge in [-0.1, -0.05) is 23.5 Å². The molecule has 2 unspecified atom stereocenters. The first-order valence-corrected chi connectivity index (χ1v) is 25.4. The van der Waals surface area contributed by atoms with Gasteiger partial charge in [-0.05, 0) is 0 Å². The van der Waals surface area contributed by atoms with E-state index in [1.807, 2.05) is 0 Å². The zero-order valence-electron chi connectivity index (χ0n) is 22.1. The zero-order chi connectivity index (χ0) is 30.2. The Labute approximate surface area is 290 Å². The molecule has 0 aliphatic heterocycles. The first-order chi connectivity index (χ1) is 20.0. The minimum absolute atomic E-state index is 0.00468. The molecular weight excluding hydrogens is 765 g/mol. The number of amides is 2. The van der Waals surface area contributed by atoms with Gasteiger partial charge in [-0.2, -0.15) is 0 Å². The third-order valence-electron chi connectivity index (χ3n) is 3.28. The van der Waals surface area contributed by atoms with Crippen molar-refractivity contribution < 1.29 is 28.2 Å². The Kier molecular flexibility index (Phi) is 36.6. The van der Waals surface area contributed by atoms with Gasteiger partial charge in [0.1, 0.15) is 0 Å². The summed E-state index contributed by atoms with van der Waals surface area (Å²) in [5.74, 6) is 2.84. The van der Waals surface area contributed by atoms with Crippen molar-refractivity contribution in [2.24, 2.45) is 9.98 Å². The molecule has 0 aliphatic carbocycles. The SMILES string of the molecule is O=C(NCSCSCSCN=CS(=O)CSCSCSC(=O)NCSCSCSCN=CS(=O)CCO)SCCO. The minimum Gasteiger partial charge on any atom is -0.396 e. The van der Waals surface area contributed by atoms with Crippen LogP contribution in [0.3, 0.4) is 0 Å². The second-order valence-electron chi connectivity index (χ2n) is 6.41. The maximum Gasteiger partial charge on any atom is 0.280 e. The molecule has 0 aliphatic rings. The Bertz CT molecular complexity index is 772. The summed E-state index contributed by atoms with van der Waals surface area (Å²) in [6.45, 7) is -0.108. The second kappa shape index (κ2) is 34.9. The monoisotopic (exact) mass is 800 g/mol. The van der Waals surface area contributed by atoms with Gasteiger partial charge < -0.3 is 20.8 Å². The quantitative estimate of drug-likeness (QED) is 0.0370. The molecule has 0 saturated heterocycles. The van der Waals surface area contributed by atoms with Gasteiger partial charge in [0.05, 0.1) is 80.3 Å². The topological polar surface area (TPSA) is 158 Å². The summed E-state index contributed by atoms with van der Waals surface area (Å²) in [6.07, 6.45) is 0. The van der Waals surface area contributed by atoms with Crippen molar-refractivity contribution in [2.45, 2.75) is 0 Å². The van der Waals surface area contributed by atoms with Crippen LogP contribution in [0.5, 0.6) is 0 Å². The number of aliphatic hydroxyl groups is 2. The van der Waals surface area contributed by atoms with E-state index >= 15 is 0 Å². The molecule has 0 bridgehead atoms. The van der Waals surface area contributed by atoms with Gasteiger partial charge in [0, 0.05) is 36.3 Å². The van der Waals surface area contributed by atoms with Gasteiger partial charge in [0.25, 0.3) is 10.5 Å². The fourth-order valence-corrected chi connectivity index (χ4v) is 13.1. The Balaban J connectivity index is 3.43. The van der Waals surface area contributed by atoms with Gasteiger partial charge in [0.2, 0.25) is 0 Å². The number of aliphatic hydroxyl groups excluding tert-OH is 2. The van der Waals surface area contributed by atoms with Crippen LogP contribution in [-0.2, 0) is 21.6 Å². The van der Waals surface area contributed by atoms with Crippen LogP contribution < -0.4 is 10.6 Å². The fraction of sp³-hybridized carbons (Fsp3) is 0.789. The van der Waals surface area contributed by atoms with E-state index in [1.165, 1.54) is 22.9 Å². The molecule has 0 heterocycles. The highest BCUT2D eigenvalue weighted by Crippen LogP contribution is 2.20. The molecule has 0 aromatic rings. The van der Waals surface area contributed by atoms with Gasteiger partial charge >= 0.3 is 0 Å². The van der Waals surface area contributed by atoms with Crippen LogP contribution >= 0.6 is 118 Å². The molecule has 0 spiro atoms. The molecule has 0 radical (unpaired) electrons. The van der Waals surface area contributed by atoms with Gasteiger partial charge in [-0.15, -0.1) is 94.1 Å². The van der Waals surface area contributed by atoms with E-state index in [9.17, 15) is 18.0 Å². The molecule has 0 rings (SSSR count). The number of hydrogen-bond donors (Lipinski definition) is 4. The van der Waals surface area contributed by atoms with E-state index in [4.69, 9.17) is 10.2 Å². The van der Waals surface area contributed by atoms with E-state index in [0.29, 0.717) is 39.4 Å². The summed E-state index contributed by atoms with van der Waals surface area (Å²) >= 11 is 15.5. The molecule has 240 valence electrons. The highest BCUT2D eigenvalue weighted by atomic mass is 32.3. The van der Waals surface area contributed by atoms with Crippen LogP contribution in [0, 0.1) is 0 Å². The van der Waals surface area contributed by atoms with Crippen LogP contribution in [-0.4, -0.2) is 124 Å². The molecule has 2 amide bonds. The fourth-order valence-electron chi connectivity index (χ4n) is 1.73. The summed E-state index contributed by atoms with van der Waals surface area (Å²) in [7, 11) is -2.30. The van der Waals surface area contributed by atoms with E-state index in [0.717, 1.165) is 37.2 Å². The molecule has 22 heteroatoms. The summed E-state index contributed by atoms with van der Waals surface area (Å²) in [5.41, 5.74) is 2.88. The maximum atomic E-state index is 12.0. The Morgan fingerprint density at radius 2 is 1.15 bits per heavy atom. The van der Waals surface area contributed by atoms with E-state index in [2.05, 4.69) is 20.6 Å². The van der Waals surface area contributed by atoms with Crippen molar-refractivity contribution in [1.82, 2.24) is 10.6 Å². The molecule has 2 atom stereocenters. The predicted octanol–water partition coefficient (Wildman–Crippen LogP) is 4.81. The lowest BCUT2D eigenvalue weighted by atomic mass is 10.9. The van der Waals surface area contributed by atoms with Gasteiger partial charge in [-0.25, -0.2) is 0 Å². The Morgan fingerprint density at radius 1 is 0.634 bits per heavy atom. The Hall–Kier alpha value is 2.00. The smallest absolute Gasteiger partial charge is 0.280 e. The lowest BCUT2D eigenvalue weighted by molar-refractivity contribution is 0.261. The van der Waals surface area contributed by atoms with Gasteiger partial charge in [0.15, 0.2) is 0 Å². The lowest BCUT2D eigenvalue weighted by Crippen LogP contribution is -2.18. The Morgan fingerprint density at radius 3 is 1.73 bits per heavy atom. The second-order valence-corrected chi connectivity index (χ2v) is 21.5. The minimum atomic E-state index is -1.19. The molecule has 4 N–H and O–H groups in total. The largest absolute Gasteiger partial charge is 0.396 e. The first kappa shape index (κ1) is 43.0. The highest BCUT2D eigenvalue weighted by molar-refractivity contribution is 8.29.